The van der Waals surface area contributed by atoms with Crippen LogP contribution in [0.15, 0.2) is 33.5 Å². The molecule has 0 saturated heterocycles. The third-order valence-electron chi connectivity index (χ3n) is 2.13. The Bertz CT molecular complexity index is 622. The first-order valence-corrected chi connectivity index (χ1v) is 4.42. The van der Waals surface area contributed by atoms with E-state index < -0.39 is 5.63 Å². The summed E-state index contributed by atoms with van der Waals surface area (Å²) in [6, 6.07) is 6.78. The van der Waals surface area contributed by atoms with Crippen molar-refractivity contribution in [2.24, 2.45) is 0 Å². The van der Waals surface area contributed by atoms with Gasteiger partial charge in [-0.3, -0.25) is 0 Å². The van der Waals surface area contributed by atoms with Gasteiger partial charge in [-0.25, -0.2) is 4.79 Å². The van der Waals surface area contributed by atoms with Gasteiger partial charge in [-0.2, -0.15) is 4.79 Å². The largest absolute Gasteiger partial charge is 0.423 e. The van der Waals surface area contributed by atoms with Gasteiger partial charge in [0.05, 0.1) is 5.56 Å². The lowest BCUT2D eigenvalue weighted by Crippen LogP contribution is -2.00. The average molecular weight is 200 g/mol. The third kappa shape index (κ3) is 1.71. The quantitative estimate of drug-likeness (QED) is 0.304. The highest BCUT2D eigenvalue weighted by atomic mass is 16.4. The van der Waals surface area contributed by atoms with Gasteiger partial charge in [-0.05, 0) is 18.6 Å². The van der Waals surface area contributed by atoms with Crippen molar-refractivity contribution in [3.05, 3.63) is 51.3 Å². The summed E-state index contributed by atoms with van der Waals surface area (Å²) in [5.41, 5.74) is 10.1. The van der Waals surface area contributed by atoms with Gasteiger partial charge in [0.15, 0.2) is 0 Å². The molecule has 0 saturated carbocycles. The van der Waals surface area contributed by atoms with Crippen LogP contribution in [0.4, 0.5) is 0 Å². The number of fused-ring (bicyclic) bond motifs is 1. The second-order valence-corrected chi connectivity index (χ2v) is 3.26. The maximum Gasteiger partial charge on any atom is 0.337 e. The standard InChI is InChI=1S/C11H8N2O2/c1-7-2-3-9-8(6-13-12)5-11(14)15-10(9)4-7/h2-6H,1H3. The zero-order chi connectivity index (χ0) is 10.8. The third-order valence-corrected chi connectivity index (χ3v) is 2.13. The lowest BCUT2D eigenvalue weighted by atomic mass is 10.1. The van der Waals surface area contributed by atoms with Crippen LogP contribution in [-0.2, 0) is 0 Å². The van der Waals surface area contributed by atoms with Gasteiger partial charge in [0.25, 0.3) is 6.21 Å². The summed E-state index contributed by atoms with van der Waals surface area (Å²) < 4.78 is 5.03. The highest BCUT2D eigenvalue weighted by Crippen LogP contribution is 2.16. The van der Waals surface area contributed by atoms with Crippen molar-refractivity contribution >= 4 is 17.2 Å². The average Bonchev–Trinajstić information content (AvgIpc) is 2.17. The monoisotopic (exact) mass is 200 g/mol. The molecule has 0 fully saturated rings. The Balaban J connectivity index is 2.92. The van der Waals surface area contributed by atoms with Gasteiger partial charge in [-0.1, -0.05) is 12.1 Å². The van der Waals surface area contributed by atoms with Crippen molar-refractivity contribution in [3.63, 3.8) is 0 Å². The second-order valence-electron chi connectivity index (χ2n) is 3.26. The topological polar surface area (TPSA) is 66.6 Å². The highest BCUT2D eigenvalue weighted by Gasteiger charge is 2.06. The van der Waals surface area contributed by atoms with E-state index in [9.17, 15) is 4.79 Å². The second kappa shape index (κ2) is 3.52. The van der Waals surface area contributed by atoms with E-state index in [1.165, 1.54) is 12.3 Å². The van der Waals surface area contributed by atoms with Gasteiger partial charge in [0.2, 0.25) is 0 Å². The zero-order valence-electron chi connectivity index (χ0n) is 8.10. The SMILES string of the molecule is Cc1ccc2c(C=[N+]=[N-])cc(=O)oc2c1. The Hall–Kier alpha value is -2.19. The molecule has 0 aliphatic carbocycles. The van der Waals surface area contributed by atoms with E-state index in [1.807, 2.05) is 19.1 Å². The first-order chi connectivity index (χ1) is 7.20. The molecule has 0 aliphatic rings. The van der Waals surface area contributed by atoms with Crippen LogP contribution in [0.2, 0.25) is 0 Å². The van der Waals surface area contributed by atoms with E-state index >= 15 is 0 Å². The molecule has 4 nitrogen and oxygen atoms in total. The van der Waals surface area contributed by atoms with Crippen LogP contribution in [-0.4, -0.2) is 11.0 Å². The lowest BCUT2D eigenvalue weighted by Gasteiger charge is -1.98. The van der Waals surface area contributed by atoms with E-state index in [0.717, 1.165) is 10.9 Å². The molecular formula is C11H8N2O2. The Morgan fingerprint density at radius 2 is 2.20 bits per heavy atom. The van der Waals surface area contributed by atoms with Crippen LogP contribution in [0, 0.1) is 6.92 Å². The number of benzene rings is 1. The molecule has 0 spiro atoms. The molecule has 0 amide bonds. The first-order valence-electron chi connectivity index (χ1n) is 4.42. The summed E-state index contributed by atoms with van der Waals surface area (Å²) in [5, 5.41) is 0.748. The molecule has 0 bridgehead atoms. The molecule has 4 heteroatoms. The van der Waals surface area contributed by atoms with Gasteiger partial charge in [-0.15, -0.1) is 0 Å². The normalized spacial score (nSPS) is 9.93. The van der Waals surface area contributed by atoms with Crippen molar-refractivity contribution in [1.29, 1.82) is 0 Å². The summed E-state index contributed by atoms with van der Waals surface area (Å²) in [7, 11) is 0. The molecule has 0 atom stereocenters. The predicted molar refractivity (Wildman–Crippen MR) is 56.0 cm³/mol. The van der Waals surface area contributed by atoms with Crippen molar-refractivity contribution in [3.8, 4) is 0 Å². The van der Waals surface area contributed by atoms with Crippen molar-refractivity contribution < 1.29 is 9.21 Å². The van der Waals surface area contributed by atoms with Crippen LogP contribution in [0.3, 0.4) is 0 Å². The van der Waals surface area contributed by atoms with Crippen molar-refractivity contribution in [1.82, 2.24) is 0 Å². The molecule has 2 aromatic rings. The summed E-state index contributed by atoms with van der Waals surface area (Å²) in [4.78, 5) is 14.1. The molecule has 15 heavy (non-hydrogen) atoms. The van der Waals surface area contributed by atoms with Crippen molar-refractivity contribution in [2.75, 3.05) is 0 Å². The predicted octanol–water partition coefficient (Wildman–Crippen LogP) is 1.75. The van der Waals surface area contributed by atoms with Gasteiger partial charge < -0.3 is 9.95 Å². The first kappa shape index (κ1) is 9.37. The molecule has 0 aliphatic heterocycles. The van der Waals surface area contributed by atoms with E-state index in [0.29, 0.717) is 11.1 Å². The minimum Gasteiger partial charge on any atom is -0.423 e. The molecule has 0 unspecified atom stereocenters. The van der Waals surface area contributed by atoms with Crippen LogP contribution in [0.25, 0.3) is 16.5 Å². The van der Waals surface area contributed by atoms with E-state index in [-0.39, 0.29) is 0 Å². The maximum atomic E-state index is 11.2. The molecule has 1 aromatic heterocycles. The Morgan fingerprint density at radius 3 is 2.93 bits per heavy atom. The van der Waals surface area contributed by atoms with E-state index in [2.05, 4.69) is 4.79 Å². The van der Waals surface area contributed by atoms with Crippen LogP contribution >= 0.6 is 0 Å². The Morgan fingerprint density at radius 1 is 1.40 bits per heavy atom. The number of rotatable bonds is 1. The van der Waals surface area contributed by atoms with Crippen LogP contribution < -0.4 is 5.63 Å². The molecule has 0 radical (unpaired) electrons. The molecular weight excluding hydrogens is 192 g/mol. The van der Waals surface area contributed by atoms with Gasteiger partial charge in [0.1, 0.15) is 5.58 Å². The summed E-state index contributed by atoms with van der Waals surface area (Å²) in [6.45, 7) is 1.91. The number of hydrogen-bond acceptors (Lipinski definition) is 2. The summed E-state index contributed by atoms with van der Waals surface area (Å²) >= 11 is 0. The lowest BCUT2D eigenvalue weighted by molar-refractivity contribution is 0.00463. The van der Waals surface area contributed by atoms with E-state index in [4.69, 9.17) is 9.95 Å². The fourth-order valence-corrected chi connectivity index (χ4v) is 1.46. The van der Waals surface area contributed by atoms with Crippen LogP contribution in [0.5, 0.6) is 0 Å². The number of hydrogen-bond donors (Lipinski definition) is 0. The molecule has 2 rings (SSSR count). The molecule has 1 heterocycles. The molecule has 1 aromatic carbocycles. The smallest absolute Gasteiger partial charge is 0.337 e. The van der Waals surface area contributed by atoms with Crippen molar-refractivity contribution in [2.45, 2.75) is 6.92 Å². The minimum absolute atomic E-state index is 0.456. The number of aryl methyl sites for hydroxylation is 1. The molecule has 0 N–H and O–H groups in total. The minimum atomic E-state index is -0.456. The molecule has 74 valence electrons. The Kier molecular flexibility index (Phi) is 2.20. The maximum absolute atomic E-state index is 11.2. The Labute approximate surface area is 85.4 Å². The zero-order valence-corrected chi connectivity index (χ0v) is 8.10. The highest BCUT2D eigenvalue weighted by molar-refractivity contribution is 5.95. The summed E-state index contributed by atoms with van der Waals surface area (Å²) in [5.74, 6) is 0. The van der Waals surface area contributed by atoms with E-state index in [1.54, 1.807) is 6.07 Å². The fraction of sp³-hybridized carbons (Fsp3) is 0.0909. The number of nitrogens with zero attached hydrogens (tertiary/aromatic N) is 2. The summed E-state index contributed by atoms with van der Waals surface area (Å²) in [6.07, 6.45) is 1.22. The van der Waals surface area contributed by atoms with Crippen LogP contribution in [0.1, 0.15) is 11.1 Å². The van der Waals surface area contributed by atoms with Gasteiger partial charge in [0, 0.05) is 11.5 Å². The fourth-order valence-electron chi connectivity index (χ4n) is 1.46. The van der Waals surface area contributed by atoms with Gasteiger partial charge >= 0.3 is 5.63 Å².